The fourth-order valence-electron chi connectivity index (χ4n) is 4.10. The molecule has 7 nitrogen and oxygen atoms in total. The summed E-state index contributed by atoms with van der Waals surface area (Å²) in [7, 11) is 3.13. The summed E-state index contributed by atoms with van der Waals surface area (Å²) < 4.78 is 10.6. The Hall–Kier alpha value is -1.99. The molecule has 0 radical (unpaired) electrons. The van der Waals surface area contributed by atoms with E-state index in [2.05, 4.69) is 5.32 Å². The molecule has 1 saturated heterocycles. The van der Waals surface area contributed by atoms with Gasteiger partial charge in [-0.15, -0.1) is 12.4 Å². The van der Waals surface area contributed by atoms with Crippen LogP contribution in [0.25, 0.3) is 0 Å². The number of benzene rings is 1. The second-order valence-corrected chi connectivity index (χ2v) is 7.34. The SMILES string of the molecule is COc1ccc(N2CC(C(=O)NC3CCCCC3CN)CC2=O)c(OC)c1.Cl. The molecule has 1 aromatic rings. The number of nitrogens with zero attached hydrogens (tertiary/aromatic N) is 1. The number of halogens is 1. The van der Waals surface area contributed by atoms with Crippen molar-refractivity contribution in [3.8, 4) is 11.5 Å². The lowest BCUT2D eigenvalue weighted by Crippen LogP contribution is -2.47. The lowest BCUT2D eigenvalue weighted by molar-refractivity contribution is -0.127. The van der Waals surface area contributed by atoms with Crippen molar-refractivity contribution in [3.63, 3.8) is 0 Å². The Labute approximate surface area is 172 Å². The van der Waals surface area contributed by atoms with E-state index in [4.69, 9.17) is 15.2 Å². The molecule has 3 rings (SSSR count). The van der Waals surface area contributed by atoms with Crippen molar-refractivity contribution in [1.29, 1.82) is 0 Å². The minimum atomic E-state index is -0.357. The molecule has 156 valence electrons. The van der Waals surface area contributed by atoms with Crippen LogP contribution in [0.15, 0.2) is 18.2 Å². The van der Waals surface area contributed by atoms with Crippen LogP contribution in [0.1, 0.15) is 32.1 Å². The fourth-order valence-corrected chi connectivity index (χ4v) is 4.10. The summed E-state index contributed by atoms with van der Waals surface area (Å²) in [6.45, 7) is 0.942. The van der Waals surface area contributed by atoms with Crippen LogP contribution in [-0.4, -0.2) is 45.2 Å². The van der Waals surface area contributed by atoms with E-state index >= 15 is 0 Å². The smallest absolute Gasteiger partial charge is 0.227 e. The van der Waals surface area contributed by atoms with Crippen LogP contribution in [0, 0.1) is 11.8 Å². The number of methoxy groups -OCH3 is 2. The third kappa shape index (κ3) is 4.70. The first-order valence-corrected chi connectivity index (χ1v) is 9.60. The number of carbonyl (C=O) groups excluding carboxylic acids is 2. The van der Waals surface area contributed by atoms with Crippen LogP contribution in [0.4, 0.5) is 5.69 Å². The van der Waals surface area contributed by atoms with Crippen LogP contribution < -0.4 is 25.4 Å². The van der Waals surface area contributed by atoms with Crippen LogP contribution in [0.5, 0.6) is 11.5 Å². The normalized spacial score (nSPS) is 24.5. The second-order valence-electron chi connectivity index (χ2n) is 7.34. The predicted molar refractivity (Wildman–Crippen MR) is 110 cm³/mol. The van der Waals surface area contributed by atoms with Crippen molar-refractivity contribution in [1.82, 2.24) is 5.32 Å². The first-order chi connectivity index (χ1) is 13.1. The van der Waals surface area contributed by atoms with Gasteiger partial charge in [0.1, 0.15) is 11.5 Å². The minimum absolute atomic E-state index is 0. The molecule has 1 aliphatic heterocycles. The zero-order valence-corrected chi connectivity index (χ0v) is 17.3. The summed E-state index contributed by atoms with van der Waals surface area (Å²) in [5.41, 5.74) is 6.52. The van der Waals surface area contributed by atoms with Gasteiger partial charge in [0.25, 0.3) is 0 Å². The highest BCUT2D eigenvalue weighted by Gasteiger charge is 2.37. The molecule has 0 spiro atoms. The molecule has 3 unspecified atom stereocenters. The third-order valence-corrected chi connectivity index (χ3v) is 5.71. The lowest BCUT2D eigenvalue weighted by atomic mass is 9.84. The molecule has 3 atom stereocenters. The van der Waals surface area contributed by atoms with E-state index in [9.17, 15) is 9.59 Å². The zero-order chi connectivity index (χ0) is 19.4. The molecule has 1 aromatic carbocycles. The van der Waals surface area contributed by atoms with Crippen molar-refractivity contribution in [2.75, 3.05) is 32.2 Å². The van der Waals surface area contributed by atoms with Gasteiger partial charge in [-0.3, -0.25) is 9.59 Å². The van der Waals surface area contributed by atoms with E-state index in [0.717, 1.165) is 19.3 Å². The van der Waals surface area contributed by atoms with E-state index in [1.807, 2.05) is 0 Å². The van der Waals surface area contributed by atoms with Gasteiger partial charge >= 0.3 is 0 Å². The van der Waals surface area contributed by atoms with Gasteiger partial charge in [0.05, 0.1) is 25.8 Å². The van der Waals surface area contributed by atoms with Gasteiger partial charge in [-0.2, -0.15) is 0 Å². The summed E-state index contributed by atoms with van der Waals surface area (Å²) in [5.74, 6) is 1.06. The highest BCUT2D eigenvalue weighted by molar-refractivity contribution is 6.01. The van der Waals surface area contributed by atoms with Crippen LogP contribution in [0.2, 0.25) is 0 Å². The topological polar surface area (TPSA) is 93.9 Å². The fraction of sp³-hybridized carbons (Fsp3) is 0.600. The lowest BCUT2D eigenvalue weighted by Gasteiger charge is -2.32. The molecule has 2 fully saturated rings. The molecule has 1 saturated carbocycles. The van der Waals surface area contributed by atoms with Crippen molar-refractivity contribution in [3.05, 3.63) is 18.2 Å². The van der Waals surface area contributed by atoms with Gasteiger partial charge in [-0.25, -0.2) is 0 Å². The first-order valence-electron chi connectivity index (χ1n) is 9.60. The molecule has 0 bridgehead atoms. The van der Waals surface area contributed by atoms with Crippen LogP contribution >= 0.6 is 12.4 Å². The maximum absolute atomic E-state index is 12.8. The second kappa shape index (κ2) is 9.98. The van der Waals surface area contributed by atoms with E-state index < -0.39 is 0 Å². The number of nitrogens with one attached hydrogen (secondary N) is 1. The molecule has 0 aromatic heterocycles. The minimum Gasteiger partial charge on any atom is -0.497 e. The number of hydrogen-bond donors (Lipinski definition) is 2. The Balaban J connectivity index is 0.00000280. The number of carbonyl (C=O) groups is 2. The highest BCUT2D eigenvalue weighted by Crippen LogP contribution is 2.36. The van der Waals surface area contributed by atoms with E-state index in [0.29, 0.717) is 36.2 Å². The molecule has 2 amide bonds. The number of hydrogen-bond acceptors (Lipinski definition) is 5. The van der Waals surface area contributed by atoms with Gasteiger partial charge in [0.15, 0.2) is 0 Å². The van der Waals surface area contributed by atoms with E-state index in [-0.39, 0.29) is 42.6 Å². The zero-order valence-electron chi connectivity index (χ0n) is 16.5. The van der Waals surface area contributed by atoms with Gasteiger partial charge in [-0.05, 0) is 37.4 Å². The largest absolute Gasteiger partial charge is 0.497 e. The average Bonchev–Trinajstić information content (AvgIpc) is 3.09. The summed E-state index contributed by atoms with van der Waals surface area (Å²) in [5, 5.41) is 3.15. The monoisotopic (exact) mass is 411 g/mol. The molecule has 8 heteroatoms. The Morgan fingerprint density at radius 1 is 1.25 bits per heavy atom. The predicted octanol–water partition coefficient (Wildman–Crippen LogP) is 2.11. The molecule has 28 heavy (non-hydrogen) atoms. The number of rotatable bonds is 6. The van der Waals surface area contributed by atoms with Crippen LogP contribution in [-0.2, 0) is 9.59 Å². The Bertz CT molecular complexity index is 700. The molecular weight excluding hydrogens is 382 g/mol. The maximum Gasteiger partial charge on any atom is 0.227 e. The molecule has 1 heterocycles. The summed E-state index contributed by atoms with van der Waals surface area (Å²) in [4.78, 5) is 27.0. The number of anilines is 1. The first kappa shape index (κ1) is 22.3. The Morgan fingerprint density at radius 3 is 2.68 bits per heavy atom. The van der Waals surface area contributed by atoms with E-state index in [1.54, 1.807) is 37.3 Å². The van der Waals surface area contributed by atoms with E-state index in [1.165, 1.54) is 6.42 Å². The Morgan fingerprint density at radius 2 is 2.00 bits per heavy atom. The third-order valence-electron chi connectivity index (χ3n) is 5.71. The number of nitrogens with two attached hydrogens (primary N) is 1. The average molecular weight is 412 g/mol. The standard InChI is InChI=1S/C20H29N3O4.ClH/c1-26-15-7-8-17(18(10-15)27-2)23-12-14(9-19(23)24)20(25)22-16-6-4-3-5-13(16)11-21;/h7-8,10,13-14,16H,3-6,9,11-12,21H2,1-2H3,(H,22,25);1H. The van der Waals surface area contributed by atoms with Crippen molar-refractivity contribution >= 4 is 29.9 Å². The summed E-state index contributed by atoms with van der Waals surface area (Å²) in [6.07, 6.45) is 4.51. The van der Waals surface area contributed by atoms with Gasteiger partial charge in [0, 0.05) is 25.1 Å². The Kier molecular flexibility index (Phi) is 7.95. The van der Waals surface area contributed by atoms with Crippen molar-refractivity contribution in [2.24, 2.45) is 17.6 Å². The van der Waals surface area contributed by atoms with Gasteiger partial charge < -0.3 is 25.4 Å². The molecule has 3 N–H and O–H groups in total. The summed E-state index contributed by atoms with van der Waals surface area (Å²) >= 11 is 0. The van der Waals surface area contributed by atoms with Crippen LogP contribution in [0.3, 0.4) is 0 Å². The number of ether oxygens (including phenoxy) is 2. The van der Waals surface area contributed by atoms with Crippen molar-refractivity contribution in [2.45, 2.75) is 38.1 Å². The van der Waals surface area contributed by atoms with Crippen molar-refractivity contribution < 1.29 is 19.1 Å². The molecule has 2 aliphatic rings. The number of amides is 2. The maximum atomic E-state index is 12.8. The van der Waals surface area contributed by atoms with Gasteiger partial charge in [0.2, 0.25) is 11.8 Å². The summed E-state index contributed by atoms with van der Waals surface area (Å²) in [6, 6.07) is 5.44. The highest BCUT2D eigenvalue weighted by atomic mass is 35.5. The molecule has 1 aliphatic carbocycles. The van der Waals surface area contributed by atoms with Gasteiger partial charge in [-0.1, -0.05) is 12.8 Å². The quantitative estimate of drug-likeness (QED) is 0.747. The molecular formula is C20H30ClN3O4.